The summed E-state index contributed by atoms with van der Waals surface area (Å²) in [7, 11) is -3.53. The van der Waals surface area contributed by atoms with Crippen molar-refractivity contribution in [1.82, 2.24) is 9.62 Å². The molecule has 21 heavy (non-hydrogen) atoms. The van der Waals surface area contributed by atoms with Crippen LogP contribution in [0.15, 0.2) is 27.6 Å². The van der Waals surface area contributed by atoms with Gasteiger partial charge in [-0.05, 0) is 37.5 Å². The zero-order valence-corrected chi connectivity index (χ0v) is 14.5. The van der Waals surface area contributed by atoms with Gasteiger partial charge in [0.25, 0.3) is 0 Å². The van der Waals surface area contributed by atoms with Crippen LogP contribution in [0.4, 0.5) is 0 Å². The molecular formula is C14H19BrN2O3S. The number of hydrogen-bond donors (Lipinski definition) is 1. The molecule has 1 heterocycles. The number of sulfonamides is 1. The number of piperidine rings is 1. The third-order valence-corrected chi connectivity index (χ3v) is 6.06. The third kappa shape index (κ3) is 3.84. The van der Waals surface area contributed by atoms with Gasteiger partial charge in [0, 0.05) is 30.5 Å². The van der Waals surface area contributed by atoms with Crippen LogP contribution >= 0.6 is 15.9 Å². The van der Waals surface area contributed by atoms with Crippen LogP contribution in [0, 0.1) is 6.92 Å². The van der Waals surface area contributed by atoms with E-state index in [1.54, 1.807) is 19.1 Å². The molecule has 5 nitrogen and oxygen atoms in total. The maximum absolute atomic E-state index is 12.8. The fourth-order valence-electron chi connectivity index (χ4n) is 2.56. The van der Waals surface area contributed by atoms with Crippen LogP contribution in [0.25, 0.3) is 0 Å². The average Bonchev–Trinajstić information content (AvgIpc) is 2.41. The topological polar surface area (TPSA) is 66.5 Å². The molecular weight excluding hydrogens is 356 g/mol. The molecule has 1 atom stereocenters. The Morgan fingerprint density at radius 1 is 1.43 bits per heavy atom. The predicted molar refractivity (Wildman–Crippen MR) is 84.5 cm³/mol. The van der Waals surface area contributed by atoms with E-state index in [1.165, 1.54) is 11.2 Å². The summed E-state index contributed by atoms with van der Waals surface area (Å²) < 4.78 is 27.8. The minimum atomic E-state index is -3.53. The molecule has 1 amide bonds. The number of halogens is 1. The minimum absolute atomic E-state index is 0.113. The second-order valence-corrected chi connectivity index (χ2v) is 8.13. The molecule has 1 aliphatic heterocycles. The number of nitrogens with zero attached hydrogens (tertiary/aromatic N) is 1. The molecule has 1 aromatic carbocycles. The van der Waals surface area contributed by atoms with E-state index in [2.05, 4.69) is 21.2 Å². The molecule has 0 aliphatic carbocycles. The largest absolute Gasteiger partial charge is 0.352 e. The first-order valence-electron chi connectivity index (χ1n) is 6.84. The Bertz CT molecular complexity index is 646. The Morgan fingerprint density at radius 2 is 2.14 bits per heavy atom. The maximum Gasteiger partial charge on any atom is 0.243 e. The SMILES string of the molecule is CC(=O)NC1CCCN(S(=O)(=O)c2cc(Br)ccc2C)C1. The predicted octanol–water partition coefficient (Wildman–Crippen LogP) is 2.05. The first-order chi connectivity index (χ1) is 9.80. The second kappa shape index (κ2) is 6.46. The van der Waals surface area contributed by atoms with Crippen LogP contribution in [-0.4, -0.2) is 37.8 Å². The molecule has 0 aromatic heterocycles. The van der Waals surface area contributed by atoms with Crippen LogP contribution in [0.2, 0.25) is 0 Å². The molecule has 0 saturated carbocycles. The van der Waals surface area contributed by atoms with Gasteiger partial charge in [-0.15, -0.1) is 0 Å². The van der Waals surface area contributed by atoms with Crippen molar-refractivity contribution in [2.24, 2.45) is 0 Å². The molecule has 1 aliphatic rings. The smallest absolute Gasteiger partial charge is 0.243 e. The lowest BCUT2D eigenvalue weighted by Gasteiger charge is -2.32. The zero-order chi connectivity index (χ0) is 15.6. The summed E-state index contributed by atoms with van der Waals surface area (Å²) in [6, 6.07) is 5.13. The highest BCUT2D eigenvalue weighted by Crippen LogP contribution is 2.26. The van der Waals surface area contributed by atoms with Gasteiger partial charge in [0.05, 0.1) is 4.90 Å². The molecule has 1 saturated heterocycles. The summed E-state index contributed by atoms with van der Waals surface area (Å²) in [4.78, 5) is 11.5. The third-order valence-electron chi connectivity index (χ3n) is 3.56. The van der Waals surface area contributed by atoms with E-state index >= 15 is 0 Å². The quantitative estimate of drug-likeness (QED) is 0.880. The number of aryl methyl sites for hydroxylation is 1. The second-order valence-electron chi connectivity index (χ2n) is 5.31. The summed E-state index contributed by atoms with van der Waals surface area (Å²) in [6.07, 6.45) is 1.56. The molecule has 0 radical (unpaired) electrons. The Kier molecular flexibility index (Phi) is 5.06. The van der Waals surface area contributed by atoms with E-state index in [1.807, 2.05) is 6.07 Å². The Hall–Kier alpha value is -0.920. The van der Waals surface area contributed by atoms with Crippen molar-refractivity contribution in [3.05, 3.63) is 28.2 Å². The van der Waals surface area contributed by atoms with Crippen LogP contribution in [0.3, 0.4) is 0 Å². The van der Waals surface area contributed by atoms with Gasteiger partial charge in [-0.2, -0.15) is 4.31 Å². The minimum Gasteiger partial charge on any atom is -0.352 e. The van der Waals surface area contributed by atoms with Gasteiger partial charge in [-0.3, -0.25) is 4.79 Å². The van der Waals surface area contributed by atoms with Gasteiger partial charge >= 0.3 is 0 Å². The van der Waals surface area contributed by atoms with Gasteiger partial charge in [-0.1, -0.05) is 22.0 Å². The lowest BCUT2D eigenvalue weighted by Crippen LogP contribution is -2.49. The van der Waals surface area contributed by atoms with E-state index in [9.17, 15) is 13.2 Å². The van der Waals surface area contributed by atoms with Crippen molar-refractivity contribution in [3.8, 4) is 0 Å². The first kappa shape index (κ1) is 16.5. The lowest BCUT2D eigenvalue weighted by molar-refractivity contribution is -0.119. The van der Waals surface area contributed by atoms with Crippen molar-refractivity contribution >= 4 is 31.9 Å². The summed E-state index contributed by atoms with van der Waals surface area (Å²) in [5, 5.41) is 2.81. The molecule has 1 aromatic rings. The van der Waals surface area contributed by atoms with Crippen molar-refractivity contribution in [3.63, 3.8) is 0 Å². The van der Waals surface area contributed by atoms with Crippen molar-refractivity contribution in [2.75, 3.05) is 13.1 Å². The van der Waals surface area contributed by atoms with Gasteiger partial charge in [-0.25, -0.2) is 8.42 Å². The van der Waals surface area contributed by atoms with E-state index in [0.717, 1.165) is 22.9 Å². The Balaban J connectivity index is 2.26. The monoisotopic (exact) mass is 374 g/mol. The number of nitrogens with one attached hydrogen (secondary N) is 1. The van der Waals surface area contributed by atoms with Crippen molar-refractivity contribution in [1.29, 1.82) is 0 Å². The highest BCUT2D eigenvalue weighted by Gasteiger charge is 2.31. The van der Waals surface area contributed by atoms with E-state index in [4.69, 9.17) is 0 Å². The standard InChI is InChI=1S/C14H19BrN2O3S/c1-10-5-6-12(15)8-14(10)21(19,20)17-7-3-4-13(9-17)16-11(2)18/h5-6,8,13H,3-4,7,9H2,1-2H3,(H,16,18). The summed E-state index contributed by atoms with van der Waals surface area (Å²) in [5.41, 5.74) is 0.722. The number of carbonyl (C=O) groups excluding carboxylic acids is 1. The normalized spacial score (nSPS) is 20.2. The number of rotatable bonds is 3. The van der Waals surface area contributed by atoms with Crippen LogP contribution < -0.4 is 5.32 Å². The van der Waals surface area contributed by atoms with Crippen molar-refractivity contribution < 1.29 is 13.2 Å². The average molecular weight is 375 g/mol. The van der Waals surface area contributed by atoms with E-state index in [-0.39, 0.29) is 11.9 Å². The fourth-order valence-corrected chi connectivity index (χ4v) is 4.84. The highest BCUT2D eigenvalue weighted by atomic mass is 79.9. The van der Waals surface area contributed by atoms with Crippen LogP contribution in [0.1, 0.15) is 25.3 Å². The molecule has 1 N–H and O–H groups in total. The maximum atomic E-state index is 12.8. The Morgan fingerprint density at radius 3 is 2.81 bits per heavy atom. The number of hydrogen-bond acceptors (Lipinski definition) is 3. The molecule has 2 rings (SSSR count). The van der Waals surface area contributed by atoms with Crippen LogP contribution in [0.5, 0.6) is 0 Å². The van der Waals surface area contributed by atoms with E-state index < -0.39 is 10.0 Å². The summed E-state index contributed by atoms with van der Waals surface area (Å²) in [5.74, 6) is -0.127. The van der Waals surface area contributed by atoms with Crippen molar-refractivity contribution in [2.45, 2.75) is 37.6 Å². The molecule has 0 bridgehead atoms. The summed E-state index contributed by atoms with van der Waals surface area (Å²) in [6.45, 7) is 4.05. The zero-order valence-electron chi connectivity index (χ0n) is 12.1. The van der Waals surface area contributed by atoms with Gasteiger partial charge in [0.1, 0.15) is 0 Å². The van der Waals surface area contributed by atoms with E-state index in [0.29, 0.717) is 18.0 Å². The molecule has 1 unspecified atom stereocenters. The fraction of sp³-hybridized carbons (Fsp3) is 0.500. The highest BCUT2D eigenvalue weighted by molar-refractivity contribution is 9.10. The molecule has 116 valence electrons. The van der Waals surface area contributed by atoms with Gasteiger partial charge in [0.2, 0.25) is 15.9 Å². The number of carbonyl (C=O) groups is 1. The number of benzene rings is 1. The van der Waals surface area contributed by atoms with Gasteiger partial charge in [0.15, 0.2) is 0 Å². The molecule has 1 fully saturated rings. The summed E-state index contributed by atoms with van der Waals surface area (Å²) >= 11 is 3.32. The van der Waals surface area contributed by atoms with Gasteiger partial charge < -0.3 is 5.32 Å². The van der Waals surface area contributed by atoms with Crippen LogP contribution in [-0.2, 0) is 14.8 Å². The lowest BCUT2D eigenvalue weighted by atomic mass is 10.1. The molecule has 7 heteroatoms. The number of amides is 1. The Labute approximate surface area is 133 Å². The molecule has 0 spiro atoms. The first-order valence-corrected chi connectivity index (χ1v) is 9.07.